The molecule has 4 nitrogen and oxygen atoms in total. The van der Waals surface area contributed by atoms with Crippen molar-refractivity contribution in [1.29, 1.82) is 0 Å². The molecule has 0 aliphatic heterocycles. The van der Waals surface area contributed by atoms with Gasteiger partial charge in [0, 0.05) is 11.3 Å². The molecule has 47 valence electrons. The van der Waals surface area contributed by atoms with E-state index in [1.807, 2.05) is 0 Å². The van der Waals surface area contributed by atoms with E-state index < -0.39 is 11.0 Å². The van der Waals surface area contributed by atoms with E-state index >= 15 is 0 Å². The van der Waals surface area contributed by atoms with Crippen molar-refractivity contribution in [2.24, 2.45) is 0 Å². The lowest BCUT2D eigenvalue weighted by molar-refractivity contribution is -0.439. The van der Waals surface area contributed by atoms with Gasteiger partial charge < -0.3 is 5.11 Å². The molecule has 0 heterocycles. The van der Waals surface area contributed by atoms with Crippen LogP contribution >= 0.6 is 0 Å². The molecule has 0 bridgehead atoms. The average molecular weight is 118 g/mol. The molecule has 0 aliphatic rings. The maximum absolute atomic E-state index is 9.54. The second kappa shape index (κ2) is 3.37. The predicted molar refractivity (Wildman–Crippen MR) is 27.6 cm³/mol. The number of hydrogen-bond acceptors (Lipinski definition) is 3. The molecule has 0 aromatic heterocycles. The van der Waals surface area contributed by atoms with Gasteiger partial charge in [-0.15, -0.1) is 0 Å². The van der Waals surface area contributed by atoms with Crippen molar-refractivity contribution in [3.63, 3.8) is 0 Å². The summed E-state index contributed by atoms with van der Waals surface area (Å²) in [4.78, 5) is 8.98. The van der Waals surface area contributed by atoms with Crippen LogP contribution in [0.25, 0.3) is 0 Å². The minimum atomic E-state index is -0.611. The van der Waals surface area contributed by atoms with Crippen molar-refractivity contribution in [3.8, 4) is 0 Å². The number of aliphatic hydroxyl groups is 1. The van der Waals surface area contributed by atoms with E-state index in [4.69, 9.17) is 5.11 Å². The lowest BCUT2D eigenvalue weighted by Crippen LogP contribution is -2.03. The molecule has 0 rings (SSSR count). The van der Waals surface area contributed by atoms with Gasteiger partial charge in [-0.05, 0) is 6.92 Å². The van der Waals surface area contributed by atoms with Crippen LogP contribution in [-0.4, -0.2) is 16.1 Å². The van der Waals surface area contributed by atoms with E-state index in [1.165, 1.54) is 6.92 Å². The molecule has 0 amide bonds. The molecule has 0 aromatic carbocycles. The van der Waals surface area contributed by atoms with Crippen molar-refractivity contribution in [1.82, 2.24) is 0 Å². The number of rotatable bonds is 3. The van der Waals surface area contributed by atoms with E-state index in [9.17, 15) is 10.1 Å². The largest absolute Gasteiger partial charge is 0.393 e. The van der Waals surface area contributed by atoms with Crippen molar-refractivity contribution < 1.29 is 10.0 Å². The first kappa shape index (κ1) is 7.36. The van der Waals surface area contributed by atoms with Crippen LogP contribution in [-0.2, 0) is 0 Å². The Labute approximate surface area is 47.3 Å². The Kier molecular flexibility index (Phi) is 3.10. The van der Waals surface area contributed by atoms with E-state index in [2.05, 4.69) is 0 Å². The second-order valence-electron chi connectivity index (χ2n) is 1.55. The topological polar surface area (TPSA) is 63.4 Å². The van der Waals surface area contributed by atoms with Crippen LogP contribution in [0.5, 0.6) is 0 Å². The first-order chi connectivity index (χ1) is 3.63. The lowest BCUT2D eigenvalue weighted by Gasteiger charge is -1.94. The smallest absolute Gasteiger partial charge is 0.281 e. The molecule has 0 saturated heterocycles. The summed E-state index contributed by atoms with van der Waals surface area (Å²) in [6.45, 7) is 2.34. The summed E-state index contributed by atoms with van der Waals surface area (Å²) in [5.74, 6) is 0. The lowest BCUT2D eigenvalue weighted by atomic mass is 10.3. The Balaban J connectivity index is 3.05. The third kappa shape index (κ3) is 5.36. The van der Waals surface area contributed by atoms with Crippen LogP contribution in [0, 0.1) is 16.7 Å². The minimum Gasteiger partial charge on any atom is -0.393 e. The first-order valence-corrected chi connectivity index (χ1v) is 2.28. The van der Waals surface area contributed by atoms with E-state index in [0.29, 0.717) is 0 Å². The maximum Gasteiger partial charge on any atom is 0.281 e. The van der Waals surface area contributed by atoms with Crippen LogP contribution in [0.1, 0.15) is 13.3 Å². The quantitative estimate of drug-likeness (QED) is 0.425. The van der Waals surface area contributed by atoms with Gasteiger partial charge in [0.05, 0.1) is 6.10 Å². The van der Waals surface area contributed by atoms with E-state index in [1.54, 1.807) is 0 Å². The molecule has 1 atom stereocenters. The Bertz CT molecular complexity index is 81.4. The van der Waals surface area contributed by atoms with Crippen LogP contribution in [0.2, 0.25) is 0 Å². The SMILES string of the molecule is CC(O)C[CH][N+](=O)[O-]. The summed E-state index contributed by atoms with van der Waals surface area (Å²) in [5.41, 5.74) is 0. The van der Waals surface area contributed by atoms with Crippen LogP contribution in [0.15, 0.2) is 0 Å². The molecule has 1 radical (unpaired) electrons. The van der Waals surface area contributed by atoms with Gasteiger partial charge in [-0.3, -0.25) is 10.1 Å². The van der Waals surface area contributed by atoms with Gasteiger partial charge in [-0.25, -0.2) is 0 Å². The van der Waals surface area contributed by atoms with Gasteiger partial charge in [0.2, 0.25) is 0 Å². The Morgan fingerprint density at radius 2 is 2.50 bits per heavy atom. The Morgan fingerprint density at radius 1 is 2.00 bits per heavy atom. The van der Waals surface area contributed by atoms with Gasteiger partial charge in [-0.1, -0.05) is 0 Å². The summed E-state index contributed by atoms with van der Waals surface area (Å²) >= 11 is 0. The highest BCUT2D eigenvalue weighted by Crippen LogP contribution is 1.92. The first-order valence-electron chi connectivity index (χ1n) is 2.28. The summed E-state index contributed by atoms with van der Waals surface area (Å²) in [6, 6.07) is 0. The summed E-state index contributed by atoms with van der Waals surface area (Å²) < 4.78 is 0. The maximum atomic E-state index is 9.54. The fraction of sp³-hybridized carbons (Fsp3) is 0.750. The van der Waals surface area contributed by atoms with Crippen LogP contribution in [0.4, 0.5) is 0 Å². The summed E-state index contributed by atoms with van der Waals surface area (Å²) in [7, 11) is 0. The van der Waals surface area contributed by atoms with Gasteiger partial charge in [0.15, 0.2) is 0 Å². The van der Waals surface area contributed by atoms with Crippen molar-refractivity contribution in [3.05, 3.63) is 16.7 Å². The van der Waals surface area contributed by atoms with Crippen LogP contribution in [0.3, 0.4) is 0 Å². The van der Waals surface area contributed by atoms with Crippen molar-refractivity contribution in [2.75, 3.05) is 0 Å². The fourth-order valence-corrected chi connectivity index (χ4v) is 0.239. The van der Waals surface area contributed by atoms with Crippen molar-refractivity contribution >= 4 is 0 Å². The Morgan fingerprint density at radius 3 is 2.62 bits per heavy atom. The second-order valence-corrected chi connectivity index (χ2v) is 1.55. The summed E-state index contributed by atoms with van der Waals surface area (Å²) in [6.07, 6.45) is -0.493. The van der Waals surface area contributed by atoms with Crippen LogP contribution < -0.4 is 0 Å². The molecule has 4 heteroatoms. The number of nitrogens with zero attached hydrogens (tertiary/aromatic N) is 1. The molecular formula is C4H8NO3. The zero-order chi connectivity index (χ0) is 6.57. The molecular weight excluding hydrogens is 110 g/mol. The number of aliphatic hydroxyl groups excluding tert-OH is 1. The standard InChI is InChI=1S/C4H8NO3/c1-4(6)2-3-5(7)8/h3-4,6H,2H2,1H3. The molecule has 1 N–H and O–H groups in total. The number of nitro groups is 1. The molecule has 8 heavy (non-hydrogen) atoms. The third-order valence-electron chi connectivity index (χ3n) is 0.596. The molecule has 0 fully saturated rings. The zero-order valence-corrected chi connectivity index (χ0v) is 4.57. The highest BCUT2D eigenvalue weighted by atomic mass is 16.6. The molecule has 0 aromatic rings. The highest BCUT2D eigenvalue weighted by Gasteiger charge is 2.02. The third-order valence-corrected chi connectivity index (χ3v) is 0.596. The zero-order valence-electron chi connectivity index (χ0n) is 4.57. The normalized spacial score (nSPS) is 13.2. The average Bonchev–Trinajstić information content (AvgIpc) is 1.61. The number of hydrogen-bond donors (Lipinski definition) is 1. The minimum absolute atomic E-state index is 0.118. The molecule has 0 aliphatic carbocycles. The summed E-state index contributed by atoms with van der Waals surface area (Å²) in [5, 5.41) is 18.0. The van der Waals surface area contributed by atoms with E-state index in [-0.39, 0.29) is 6.42 Å². The highest BCUT2D eigenvalue weighted by molar-refractivity contribution is 4.53. The van der Waals surface area contributed by atoms with Gasteiger partial charge >= 0.3 is 0 Å². The molecule has 1 unspecified atom stereocenters. The molecule has 0 spiro atoms. The van der Waals surface area contributed by atoms with Gasteiger partial charge in [-0.2, -0.15) is 0 Å². The molecule has 0 saturated carbocycles. The monoisotopic (exact) mass is 118 g/mol. The predicted octanol–water partition coefficient (Wildman–Crippen LogP) is 0.196. The van der Waals surface area contributed by atoms with Gasteiger partial charge in [0.1, 0.15) is 0 Å². The van der Waals surface area contributed by atoms with Crippen molar-refractivity contribution in [2.45, 2.75) is 19.4 Å². The van der Waals surface area contributed by atoms with E-state index in [0.717, 1.165) is 6.54 Å². The fourth-order valence-electron chi connectivity index (χ4n) is 0.239. The Hall–Kier alpha value is -0.640. The van der Waals surface area contributed by atoms with Gasteiger partial charge in [0.25, 0.3) is 6.54 Å².